The lowest BCUT2D eigenvalue weighted by molar-refractivity contribution is -0.144. The third-order valence-corrected chi connectivity index (χ3v) is 5.38. The lowest BCUT2D eigenvalue weighted by atomic mass is 9.77. The monoisotopic (exact) mass is 267 g/mol. The van der Waals surface area contributed by atoms with E-state index in [9.17, 15) is 4.79 Å². The first-order chi connectivity index (χ1) is 8.99. The molecule has 4 unspecified atom stereocenters. The first-order valence-corrected chi connectivity index (χ1v) is 7.97. The van der Waals surface area contributed by atoms with Gasteiger partial charge in [0.05, 0.1) is 5.92 Å². The molecule has 1 aliphatic carbocycles. The van der Waals surface area contributed by atoms with Crippen LogP contribution in [-0.2, 0) is 4.79 Å². The number of aliphatic carboxylic acids is 1. The van der Waals surface area contributed by atoms with Gasteiger partial charge < -0.3 is 5.11 Å². The van der Waals surface area contributed by atoms with Gasteiger partial charge in [0.15, 0.2) is 0 Å². The van der Waals surface area contributed by atoms with Crippen LogP contribution in [0.1, 0.15) is 59.3 Å². The van der Waals surface area contributed by atoms with E-state index in [-0.39, 0.29) is 5.92 Å². The number of hydrogen-bond acceptors (Lipinski definition) is 2. The lowest BCUT2D eigenvalue weighted by Gasteiger charge is -2.45. The maximum Gasteiger partial charge on any atom is 0.306 e. The fraction of sp³-hybridized carbons (Fsp3) is 0.938. The molecule has 0 aromatic carbocycles. The van der Waals surface area contributed by atoms with Crippen LogP contribution >= 0.6 is 0 Å². The number of carboxylic acid groups (broad SMARTS) is 1. The number of carboxylic acids is 1. The molecule has 1 aliphatic heterocycles. The predicted octanol–water partition coefficient (Wildman–Crippen LogP) is 3.39. The van der Waals surface area contributed by atoms with E-state index in [1.165, 1.54) is 25.7 Å². The molecule has 1 N–H and O–H groups in total. The molecule has 0 bridgehead atoms. The molecule has 1 saturated heterocycles. The molecule has 2 aliphatic rings. The quantitative estimate of drug-likeness (QED) is 0.852. The standard InChI is InChI=1S/C16H29NO2/c1-11(2)13-5-4-6-15(10-13)17-8-7-14(16(18)19)9-12(17)3/h11-15H,4-10H2,1-3H3,(H,18,19). The Labute approximate surface area is 117 Å². The van der Waals surface area contributed by atoms with Crippen LogP contribution in [-0.4, -0.2) is 34.6 Å². The Morgan fingerprint density at radius 3 is 2.53 bits per heavy atom. The number of hydrogen-bond donors (Lipinski definition) is 1. The largest absolute Gasteiger partial charge is 0.481 e. The number of nitrogens with zero attached hydrogens (tertiary/aromatic N) is 1. The highest BCUT2D eigenvalue weighted by Crippen LogP contribution is 2.35. The van der Waals surface area contributed by atoms with Crippen molar-refractivity contribution in [3.63, 3.8) is 0 Å². The van der Waals surface area contributed by atoms with Gasteiger partial charge in [0.1, 0.15) is 0 Å². The zero-order valence-corrected chi connectivity index (χ0v) is 12.6. The normalized spacial score (nSPS) is 37.5. The molecule has 110 valence electrons. The highest BCUT2D eigenvalue weighted by atomic mass is 16.4. The summed E-state index contributed by atoms with van der Waals surface area (Å²) in [5.74, 6) is 0.934. The zero-order valence-electron chi connectivity index (χ0n) is 12.6. The Kier molecular flexibility index (Phi) is 4.88. The average Bonchev–Trinajstić information content (AvgIpc) is 2.38. The molecule has 3 heteroatoms. The molecule has 0 aromatic rings. The van der Waals surface area contributed by atoms with E-state index in [2.05, 4.69) is 25.7 Å². The van der Waals surface area contributed by atoms with Crippen LogP contribution in [0.15, 0.2) is 0 Å². The molecule has 0 radical (unpaired) electrons. The molecular weight excluding hydrogens is 238 g/mol. The second kappa shape index (κ2) is 6.25. The van der Waals surface area contributed by atoms with Crippen molar-refractivity contribution in [1.29, 1.82) is 0 Å². The van der Waals surface area contributed by atoms with Crippen molar-refractivity contribution in [2.45, 2.75) is 71.4 Å². The summed E-state index contributed by atoms with van der Waals surface area (Å²) in [6, 6.07) is 1.14. The first kappa shape index (κ1) is 14.8. The molecular formula is C16H29NO2. The molecule has 0 spiro atoms. The molecule has 19 heavy (non-hydrogen) atoms. The van der Waals surface area contributed by atoms with Crippen molar-refractivity contribution < 1.29 is 9.90 Å². The van der Waals surface area contributed by atoms with Crippen molar-refractivity contribution in [3.05, 3.63) is 0 Å². The first-order valence-electron chi connectivity index (χ1n) is 7.97. The smallest absolute Gasteiger partial charge is 0.306 e. The summed E-state index contributed by atoms with van der Waals surface area (Å²) >= 11 is 0. The van der Waals surface area contributed by atoms with Gasteiger partial charge in [-0.2, -0.15) is 0 Å². The Hall–Kier alpha value is -0.570. The van der Waals surface area contributed by atoms with Gasteiger partial charge >= 0.3 is 5.97 Å². The highest BCUT2D eigenvalue weighted by molar-refractivity contribution is 5.70. The van der Waals surface area contributed by atoms with Crippen molar-refractivity contribution in [2.24, 2.45) is 17.8 Å². The summed E-state index contributed by atoms with van der Waals surface area (Å²) in [5.41, 5.74) is 0. The third kappa shape index (κ3) is 3.50. The number of piperidine rings is 1. The van der Waals surface area contributed by atoms with Gasteiger partial charge in [-0.25, -0.2) is 0 Å². The molecule has 0 amide bonds. The topological polar surface area (TPSA) is 40.5 Å². The van der Waals surface area contributed by atoms with Crippen LogP contribution in [0, 0.1) is 17.8 Å². The van der Waals surface area contributed by atoms with Gasteiger partial charge in [0.2, 0.25) is 0 Å². The number of carbonyl (C=O) groups is 1. The summed E-state index contributed by atoms with van der Waals surface area (Å²) in [6.45, 7) is 7.88. The van der Waals surface area contributed by atoms with Crippen LogP contribution in [0.3, 0.4) is 0 Å². The van der Waals surface area contributed by atoms with Crippen LogP contribution in [0.4, 0.5) is 0 Å². The van der Waals surface area contributed by atoms with E-state index < -0.39 is 5.97 Å². The van der Waals surface area contributed by atoms with Crippen molar-refractivity contribution in [1.82, 2.24) is 4.90 Å². The maximum atomic E-state index is 11.1. The Balaban J connectivity index is 1.93. The molecule has 0 aromatic heterocycles. The highest BCUT2D eigenvalue weighted by Gasteiger charge is 2.35. The molecule has 1 heterocycles. The summed E-state index contributed by atoms with van der Waals surface area (Å²) in [6.07, 6.45) is 7.03. The predicted molar refractivity (Wildman–Crippen MR) is 77.1 cm³/mol. The van der Waals surface area contributed by atoms with Crippen LogP contribution in [0.2, 0.25) is 0 Å². The van der Waals surface area contributed by atoms with Gasteiger partial charge in [-0.05, 0) is 51.0 Å². The molecule has 4 atom stereocenters. The van der Waals surface area contributed by atoms with Crippen LogP contribution < -0.4 is 0 Å². The minimum absolute atomic E-state index is 0.115. The van der Waals surface area contributed by atoms with Gasteiger partial charge in [-0.1, -0.05) is 26.7 Å². The van der Waals surface area contributed by atoms with Crippen molar-refractivity contribution in [3.8, 4) is 0 Å². The Bertz CT molecular complexity index is 316. The number of likely N-dealkylation sites (tertiary alicyclic amines) is 1. The van der Waals surface area contributed by atoms with E-state index in [0.29, 0.717) is 12.1 Å². The summed E-state index contributed by atoms with van der Waals surface area (Å²) in [4.78, 5) is 13.7. The second-order valence-corrected chi connectivity index (χ2v) is 6.97. The van der Waals surface area contributed by atoms with E-state index in [4.69, 9.17) is 5.11 Å². The van der Waals surface area contributed by atoms with Crippen molar-refractivity contribution >= 4 is 5.97 Å². The average molecular weight is 267 g/mol. The van der Waals surface area contributed by atoms with Crippen LogP contribution in [0.25, 0.3) is 0 Å². The van der Waals surface area contributed by atoms with Gasteiger partial charge in [-0.15, -0.1) is 0 Å². The zero-order chi connectivity index (χ0) is 14.0. The van der Waals surface area contributed by atoms with Gasteiger partial charge in [0.25, 0.3) is 0 Å². The maximum absolute atomic E-state index is 11.1. The fourth-order valence-corrected chi connectivity index (χ4v) is 4.06. The molecule has 2 fully saturated rings. The minimum atomic E-state index is -0.602. The molecule has 1 saturated carbocycles. The van der Waals surface area contributed by atoms with Crippen LogP contribution in [0.5, 0.6) is 0 Å². The van der Waals surface area contributed by atoms with Gasteiger partial charge in [0, 0.05) is 12.1 Å². The molecule has 2 rings (SSSR count). The summed E-state index contributed by atoms with van der Waals surface area (Å²) in [7, 11) is 0. The molecule has 3 nitrogen and oxygen atoms in total. The number of rotatable bonds is 3. The van der Waals surface area contributed by atoms with Crippen molar-refractivity contribution in [2.75, 3.05) is 6.54 Å². The Morgan fingerprint density at radius 1 is 1.21 bits per heavy atom. The third-order valence-electron chi connectivity index (χ3n) is 5.38. The van der Waals surface area contributed by atoms with E-state index >= 15 is 0 Å². The fourth-order valence-electron chi connectivity index (χ4n) is 4.06. The van der Waals surface area contributed by atoms with E-state index in [1.807, 2.05) is 0 Å². The van der Waals surface area contributed by atoms with E-state index in [1.54, 1.807) is 0 Å². The second-order valence-electron chi connectivity index (χ2n) is 6.97. The minimum Gasteiger partial charge on any atom is -0.481 e. The Morgan fingerprint density at radius 2 is 1.95 bits per heavy atom. The summed E-state index contributed by atoms with van der Waals surface area (Å²) < 4.78 is 0. The summed E-state index contributed by atoms with van der Waals surface area (Å²) in [5, 5.41) is 9.15. The van der Waals surface area contributed by atoms with Gasteiger partial charge in [-0.3, -0.25) is 9.69 Å². The lowest BCUT2D eigenvalue weighted by Crippen LogP contribution is -2.49. The van der Waals surface area contributed by atoms with E-state index in [0.717, 1.165) is 31.2 Å². The SMILES string of the molecule is CC(C)C1CCCC(N2CCC(C(=O)O)CC2C)C1.